The standard InChI is InChI=1S/C22H23FN6O2/c1-13-3-4-20(24-11-13)31-19-9-15-8-17(19)28(18(15)10-23)22(30)16-7-14(2)12-25-21(16)29-26-5-6-27-29/h3-7,11-12,15,17-19H,8-10H2,1-2H3. The van der Waals surface area contributed by atoms with Gasteiger partial charge in [0, 0.05) is 18.5 Å². The average molecular weight is 422 g/mol. The number of ether oxygens (including phenoxy) is 1. The molecule has 4 atom stereocenters. The lowest BCUT2D eigenvalue weighted by atomic mass is 9.97. The number of carbonyl (C=O) groups is 1. The number of likely N-dealkylation sites (tertiary alicyclic amines) is 1. The number of halogens is 1. The highest BCUT2D eigenvalue weighted by Gasteiger charge is 2.54. The molecule has 2 bridgehead atoms. The van der Waals surface area contributed by atoms with Crippen LogP contribution in [0.4, 0.5) is 4.39 Å². The third kappa shape index (κ3) is 3.43. The van der Waals surface area contributed by atoms with Crippen molar-refractivity contribution in [3.8, 4) is 11.7 Å². The lowest BCUT2D eigenvalue weighted by Crippen LogP contribution is -2.53. The van der Waals surface area contributed by atoms with Crippen LogP contribution in [-0.4, -0.2) is 60.6 Å². The molecule has 0 aromatic carbocycles. The first kappa shape index (κ1) is 19.6. The van der Waals surface area contributed by atoms with Crippen LogP contribution in [0.3, 0.4) is 0 Å². The number of piperidine rings is 1. The van der Waals surface area contributed by atoms with E-state index in [-0.39, 0.29) is 24.0 Å². The molecule has 1 aliphatic heterocycles. The maximum Gasteiger partial charge on any atom is 0.258 e. The van der Waals surface area contributed by atoms with E-state index in [9.17, 15) is 9.18 Å². The van der Waals surface area contributed by atoms with E-state index in [1.165, 1.54) is 17.2 Å². The molecule has 9 heteroatoms. The van der Waals surface area contributed by atoms with E-state index in [1.54, 1.807) is 23.4 Å². The third-order valence-electron chi connectivity index (χ3n) is 6.16. The summed E-state index contributed by atoms with van der Waals surface area (Å²) in [6.07, 6.45) is 7.65. The van der Waals surface area contributed by atoms with Gasteiger partial charge in [0.1, 0.15) is 12.8 Å². The topological polar surface area (TPSA) is 86.0 Å². The van der Waals surface area contributed by atoms with E-state index in [0.29, 0.717) is 30.1 Å². The zero-order valence-corrected chi connectivity index (χ0v) is 17.3. The summed E-state index contributed by atoms with van der Waals surface area (Å²) in [5.41, 5.74) is 2.23. The summed E-state index contributed by atoms with van der Waals surface area (Å²) in [7, 11) is 0. The first-order valence-electron chi connectivity index (χ1n) is 10.4. The molecule has 0 spiro atoms. The van der Waals surface area contributed by atoms with E-state index in [4.69, 9.17) is 4.74 Å². The zero-order valence-electron chi connectivity index (χ0n) is 17.3. The van der Waals surface area contributed by atoms with Crippen LogP contribution in [-0.2, 0) is 0 Å². The molecule has 2 fully saturated rings. The van der Waals surface area contributed by atoms with Crippen molar-refractivity contribution in [3.63, 3.8) is 0 Å². The fourth-order valence-corrected chi connectivity index (χ4v) is 4.74. The number of rotatable bonds is 5. The Morgan fingerprint density at radius 3 is 2.61 bits per heavy atom. The van der Waals surface area contributed by atoms with Gasteiger partial charge in [-0.2, -0.15) is 10.2 Å². The molecule has 5 rings (SSSR count). The van der Waals surface area contributed by atoms with Crippen LogP contribution in [0.1, 0.15) is 34.3 Å². The zero-order chi connectivity index (χ0) is 21.5. The molecular weight excluding hydrogens is 399 g/mol. The Balaban J connectivity index is 1.47. The van der Waals surface area contributed by atoms with Crippen molar-refractivity contribution < 1.29 is 13.9 Å². The summed E-state index contributed by atoms with van der Waals surface area (Å²) in [6, 6.07) is 4.83. The van der Waals surface area contributed by atoms with Gasteiger partial charge in [-0.25, -0.2) is 14.4 Å². The Morgan fingerprint density at radius 2 is 1.90 bits per heavy atom. The monoisotopic (exact) mass is 422 g/mol. The minimum Gasteiger partial charge on any atom is -0.472 e. The van der Waals surface area contributed by atoms with Crippen LogP contribution >= 0.6 is 0 Å². The van der Waals surface area contributed by atoms with E-state index >= 15 is 0 Å². The molecular formula is C22H23FN6O2. The minimum atomic E-state index is -0.586. The number of hydrogen-bond acceptors (Lipinski definition) is 6. The second-order valence-electron chi connectivity index (χ2n) is 8.27. The van der Waals surface area contributed by atoms with Gasteiger partial charge in [-0.3, -0.25) is 4.79 Å². The van der Waals surface area contributed by atoms with Crippen LogP contribution in [0.5, 0.6) is 5.88 Å². The van der Waals surface area contributed by atoms with E-state index in [0.717, 1.165) is 11.1 Å². The van der Waals surface area contributed by atoms with Crippen LogP contribution in [0, 0.1) is 19.8 Å². The number of aromatic nitrogens is 5. The van der Waals surface area contributed by atoms with Gasteiger partial charge in [0.05, 0.1) is 30.0 Å². The summed E-state index contributed by atoms with van der Waals surface area (Å²) in [4.78, 5) is 25.4. The van der Waals surface area contributed by atoms with Crippen LogP contribution in [0.2, 0.25) is 0 Å². The Labute approximate surface area is 179 Å². The minimum absolute atomic E-state index is 0.0541. The van der Waals surface area contributed by atoms with Crippen LogP contribution < -0.4 is 4.74 Å². The second-order valence-corrected chi connectivity index (χ2v) is 8.27. The SMILES string of the molecule is Cc1ccc(OC2CC3CC2N(C(=O)c2cc(C)cnc2-n2nccn2)C3CF)nc1. The van der Waals surface area contributed by atoms with Gasteiger partial charge in [-0.15, -0.1) is 4.80 Å². The molecule has 2 aliphatic rings. The normalized spacial score (nSPS) is 24.5. The molecule has 1 aliphatic carbocycles. The van der Waals surface area contributed by atoms with E-state index in [2.05, 4.69) is 20.2 Å². The van der Waals surface area contributed by atoms with Gasteiger partial charge in [0.15, 0.2) is 5.82 Å². The molecule has 0 N–H and O–H groups in total. The van der Waals surface area contributed by atoms with Crippen molar-refractivity contribution in [1.29, 1.82) is 0 Å². The Hall–Kier alpha value is -3.36. The predicted octanol–water partition coefficient (Wildman–Crippen LogP) is 2.69. The lowest BCUT2D eigenvalue weighted by Gasteiger charge is -2.38. The van der Waals surface area contributed by atoms with Gasteiger partial charge in [0.25, 0.3) is 5.91 Å². The highest BCUT2D eigenvalue weighted by molar-refractivity contribution is 5.98. The Morgan fingerprint density at radius 1 is 1.13 bits per heavy atom. The summed E-state index contributed by atoms with van der Waals surface area (Å²) < 4.78 is 20.2. The number of fused-ring (bicyclic) bond motifs is 2. The Kier molecular flexibility index (Phi) is 4.88. The summed E-state index contributed by atoms with van der Waals surface area (Å²) >= 11 is 0. The van der Waals surface area contributed by atoms with Crippen molar-refractivity contribution in [3.05, 3.63) is 59.7 Å². The van der Waals surface area contributed by atoms with Crippen molar-refractivity contribution in [2.75, 3.05) is 6.67 Å². The van der Waals surface area contributed by atoms with E-state index in [1.807, 2.05) is 26.0 Å². The summed E-state index contributed by atoms with van der Waals surface area (Å²) in [5, 5.41) is 8.23. The first-order chi connectivity index (χ1) is 15.0. The molecule has 8 nitrogen and oxygen atoms in total. The van der Waals surface area contributed by atoms with Crippen molar-refractivity contribution in [1.82, 2.24) is 29.9 Å². The van der Waals surface area contributed by atoms with Crippen LogP contribution in [0.25, 0.3) is 5.82 Å². The predicted molar refractivity (Wildman–Crippen MR) is 110 cm³/mol. The average Bonchev–Trinajstić information content (AvgIpc) is 3.51. The molecule has 1 amide bonds. The fourth-order valence-electron chi connectivity index (χ4n) is 4.74. The number of hydrogen-bond donors (Lipinski definition) is 0. The number of nitrogens with zero attached hydrogens (tertiary/aromatic N) is 6. The molecule has 31 heavy (non-hydrogen) atoms. The van der Waals surface area contributed by atoms with Gasteiger partial charge >= 0.3 is 0 Å². The summed E-state index contributed by atoms with van der Waals surface area (Å²) in [6.45, 7) is 3.24. The number of amides is 1. The largest absolute Gasteiger partial charge is 0.472 e. The molecule has 3 aromatic heterocycles. The third-order valence-corrected chi connectivity index (χ3v) is 6.16. The fraction of sp³-hybridized carbons (Fsp3) is 0.409. The second kappa shape index (κ2) is 7.72. The van der Waals surface area contributed by atoms with Crippen molar-refractivity contribution in [2.45, 2.75) is 44.9 Å². The lowest BCUT2D eigenvalue weighted by molar-refractivity contribution is 0.0228. The van der Waals surface area contributed by atoms with Crippen molar-refractivity contribution >= 4 is 5.91 Å². The molecule has 4 heterocycles. The summed E-state index contributed by atoms with van der Waals surface area (Å²) in [5.74, 6) is 0.631. The highest BCUT2D eigenvalue weighted by atomic mass is 19.1. The highest BCUT2D eigenvalue weighted by Crippen LogP contribution is 2.45. The molecule has 4 unspecified atom stereocenters. The Bertz CT molecular complexity index is 1090. The number of aryl methyl sites for hydroxylation is 2. The van der Waals surface area contributed by atoms with Crippen molar-refractivity contribution in [2.24, 2.45) is 5.92 Å². The molecule has 1 saturated heterocycles. The van der Waals surface area contributed by atoms with Gasteiger partial charge < -0.3 is 9.64 Å². The number of pyridine rings is 2. The number of carbonyl (C=O) groups excluding carboxylic acids is 1. The maximum absolute atomic E-state index is 14.0. The number of alkyl halides is 1. The van der Waals surface area contributed by atoms with Gasteiger partial charge in [-0.05, 0) is 49.8 Å². The molecule has 0 radical (unpaired) electrons. The molecule has 160 valence electrons. The smallest absolute Gasteiger partial charge is 0.258 e. The van der Waals surface area contributed by atoms with Gasteiger partial charge in [-0.1, -0.05) is 6.07 Å². The molecule has 1 saturated carbocycles. The molecule has 3 aromatic rings. The van der Waals surface area contributed by atoms with E-state index < -0.39 is 12.7 Å². The maximum atomic E-state index is 14.0. The van der Waals surface area contributed by atoms with Crippen LogP contribution in [0.15, 0.2) is 43.0 Å². The first-order valence-corrected chi connectivity index (χ1v) is 10.4. The van der Waals surface area contributed by atoms with Gasteiger partial charge in [0.2, 0.25) is 5.88 Å². The quantitative estimate of drug-likeness (QED) is 0.628.